The molecule has 1 N–H and O–H groups in total. The van der Waals surface area contributed by atoms with Crippen LogP contribution in [0.3, 0.4) is 0 Å². The largest absolute Gasteiger partial charge is 0.466 e. The summed E-state index contributed by atoms with van der Waals surface area (Å²) in [6, 6.07) is 0. The van der Waals surface area contributed by atoms with Gasteiger partial charge in [0.25, 0.3) is 6.26 Å². The molecule has 0 spiro atoms. The normalized spacial score (nSPS) is 10.3. The summed E-state index contributed by atoms with van der Waals surface area (Å²) in [4.78, 5) is 22.0. The van der Waals surface area contributed by atoms with E-state index in [1.54, 1.807) is 13.8 Å². The lowest BCUT2D eigenvalue weighted by Crippen LogP contribution is -2.37. The highest BCUT2D eigenvalue weighted by molar-refractivity contribution is 5.77. The molecule has 0 radical (unpaired) electrons. The molecule has 6 heteroatoms. The number of nitrogens with zero attached hydrogens (tertiary/aromatic N) is 1. The predicted molar refractivity (Wildman–Crippen MR) is 56.9 cm³/mol. The van der Waals surface area contributed by atoms with E-state index in [0.717, 1.165) is 0 Å². The van der Waals surface area contributed by atoms with Crippen LogP contribution in [0.4, 0.5) is 0 Å². The standard InChI is InChI=1S/C9H14N2O4.CH4/c1-3-7(12)11-8(15-6-10)5-9(13)14-4-2;/h8H,3-5H2,1-2H3,(H,11,12);1H4. The monoisotopic (exact) mass is 230 g/mol. The first-order valence-corrected chi connectivity index (χ1v) is 4.63. The summed E-state index contributed by atoms with van der Waals surface area (Å²) in [5.41, 5.74) is 0. The van der Waals surface area contributed by atoms with Crippen LogP contribution in [-0.2, 0) is 19.1 Å². The van der Waals surface area contributed by atoms with E-state index in [1.165, 1.54) is 6.26 Å². The zero-order valence-corrected chi connectivity index (χ0v) is 8.78. The SMILES string of the molecule is C.CCOC(=O)CC(NC(=O)CC)OC#N. The minimum Gasteiger partial charge on any atom is -0.466 e. The average Bonchev–Trinajstić information content (AvgIpc) is 2.18. The molecule has 0 rings (SSSR count). The number of hydrogen-bond donors (Lipinski definition) is 1. The molecule has 1 atom stereocenters. The van der Waals surface area contributed by atoms with Gasteiger partial charge in [-0.15, -0.1) is 0 Å². The molecule has 0 saturated heterocycles. The Labute approximate surface area is 95.5 Å². The van der Waals surface area contributed by atoms with Crippen molar-refractivity contribution >= 4 is 11.9 Å². The molecule has 0 aliphatic carbocycles. The van der Waals surface area contributed by atoms with Gasteiger partial charge in [0.1, 0.15) is 6.42 Å². The lowest BCUT2D eigenvalue weighted by atomic mass is 10.3. The van der Waals surface area contributed by atoms with Crippen molar-refractivity contribution in [2.24, 2.45) is 0 Å². The third-order valence-corrected chi connectivity index (χ3v) is 1.50. The molecule has 1 unspecified atom stereocenters. The molecule has 6 nitrogen and oxygen atoms in total. The van der Waals surface area contributed by atoms with Crippen molar-refractivity contribution in [1.29, 1.82) is 5.26 Å². The summed E-state index contributed by atoms with van der Waals surface area (Å²) < 4.78 is 9.16. The van der Waals surface area contributed by atoms with E-state index in [2.05, 4.69) is 14.8 Å². The van der Waals surface area contributed by atoms with Crippen LogP contribution in [0.5, 0.6) is 0 Å². The Kier molecular flexibility index (Phi) is 10.2. The molecular weight excluding hydrogens is 212 g/mol. The van der Waals surface area contributed by atoms with Crippen LogP contribution >= 0.6 is 0 Å². The molecule has 0 aliphatic heterocycles. The van der Waals surface area contributed by atoms with Gasteiger partial charge in [0.05, 0.1) is 6.61 Å². The van der Waals surface area contributed by atoms with Crippen molar-refractivity contribution in [3.8, 4) is 6.26 Å². The molecule has 1 amide bonds. The van der Waals surface area contributed by atoms with Crippen LogP contribution in [0.15, 0.2) is 0 Å². The van der Waals surface area contributed by atoms with E-state index in [-0.39, 0.29) is 32.8 Å². The van der Waals surface area contributed by atoms with E-state index in [0.29, 0.717) is 0 Å². The molecule has 0 heterocycles. The lowest BCUT2D eigenvalue weighted by molar-refractivity contribution is -0.146. The number of hydrogen-bond acceptors (Lipinski definition) is 5. The fraction of sp³-hybridized carbons (Fsp3) is 0.700. The van der Waals surface area contributed by atoms with Crippen LogP contribution in [0.25, 0.3) is 0 Å². The molecule has 0 aromatic carbocycles. The minimum absolute atomic E-state index is 0. The second-order valence-corrected chi connectivity index (χ2v) is 2.63. The van der Waals surface area contributed by atoms with Gasteiger partial charge in [-0.2, -0.15) is 5.26 Å². The number of ether oxygens (including phenoxy) is 2. The first-order valence-electron chi connectivity index (χ1n) is 4.63. The smallest absolute Gasteiger partial charge is 0.311 e. The quantitative estimate of drug-likeness (QED) is 0.416. The minimum atomic E-state index is -0.943. The van der Waals surface area contributed by atoms with Gasteiger partial charge in [0, 0.05) is 6.42 Å². The summed E-state index contributed by atoms with van der Waals surface area (Å²) in [5, 5.41) is 10.7. The Balaban J connectivity index is 0. The highest BCUT2D eigenvalue weighted by atomic mass is 16.5. The molecule has 0 fully saturated rings. The van der Waals surface area contributed by atoms with Crippen molar-refractivity contribution in [3.05, 3.63) is 0 Å². The average molecular weight is 230 g/mol. The van der Waals surface area contributed by atoms with Gasteiger partial charge >= 0.3 is 5.97 Å². The second kappa shape index (κ2) is 9.77. The van der Waals surface area contributed by atoms with Gasteiger partial charge in [0.2, 0.25) is 5.91 Å². The number of esters is 1. The van der Waals surface area contributed by atoms with Crippen molar-refractivity contribution in [3.63, 3.8) is 0 Å². The van der Waals surface area contributed by atoms with E-state index >= 15 is 0 Å². The Morgan fingerprint density at radius 2 is 2.06 bits per heavy atom. The summed E-state index contributed by atoms with van der Waals surface area (Å²) in [6.07, 6.45) is 0.564. The topological polar surface area (TPSA) is 88.4 Å². The molecule has 0 bridgehead atoms. The molecule has 0 aromatic heterocycles. The van der Waals surface area contributed by atoms with Crippen molar-refractivity contribution in [2.75, 3.05) is 6.61 Å². The Bertz CT molecular complexity index is 260. The number of nitrogens with one attached hydrogen (secondary N) is 1. The van der Waals surface area contributed by atoms with Crippen LogP contribution < -0.4 is 5.32 Å². The van der Waals surface area contributed by atoms with Crippen molar-refractivity contribution < 1.29 is 19.1 Å². The number of carbonyl (C=O) groups is 2. The number of rotatable bonds is 6. The van der Waals surface area contributed by atoms with E-state index in [9.17, 15) is 9.59 Å². The zero-order chi connectivity index (χ0) is 11.7. The second-order valence-electron chi connectivity index (χ2n) is 2.63. The van der Waals surface area contributed by atoms with Crippen LogP contribution in [0.1, 0.15) is 34.1 Å². The highest BCUT2D eigenvalue weighted by Crippen LogP contribution is 1.97. The maximum Gasteiger partial charge on any atom is 0.311 e. The number of amides is 1. The highest BCUT2D eigenvalue weighted by Gasteiger charge is 2.17. The fourth-order valence-corrected chi connectivity index (χ4v) is 0.839. The van der Waals surface area contributed by atoms with E-state index in [4.69, 9.17) is 5.26 Å². The van der Waals surface area contributed by atoms with Crippen LogP contribution in [0, 0.1) is 11.5 Å². The Hall–Kier alpha value is -1.77. The maximum absolute atomic E-state index is 11.0. The third-order valence-electron chi connectivity index (χ3n) is 1.50. The Morgan fingerprint density at radius 1 is 1.44 bits per heavy atom. The fourth-order valence-electron chi connectivity index (χ4n) is 0.839. The van der Waals surface area contributed by atoms with Gasteiger partial charge in [-0.25, -0.2) is 0 Å². The maximum atomic E-state index is 11.0. The number of nitriles is 1. The van der Waals surface area contributed by atoms with E-state index in [1.807, 2.05) is 0 Å². The zero-order valence-electron chi connectivity index (χ0n) is 8.78. The third kappa shape index (κ3) is 7.62. The summed E-state index contributed by atoms with van der Waals surface area (Å²) in [7, 11) is 0. The van der Waals surface area contributed by atoms with Crippen molar-refractivity contribution in [2.45, 2.75) is 40.3 Å². The predicted octanol–water partition coefficient (Wildman–Crippen LogP) is 0.926. The molecule has 16 heavy (non-hydrogen) atoms. The number of carbonyl (C=O) groups excluding carboxylic acids is 2. The molecular formula is C10H18N2O4. The molecule has 0 saturated carbocycles. The van der Waals surface area contributed by atoms with Crippen LogP contribution in [0.2, 0.25) is 0 Å². The summed E-state index contributed by atoms with van der Waals surface area (Å²) in [5.74, 6) is -0.811. The van der Waals surface area contributed by atoms with Gasteiger partial charge in [-0.1, -0.05) is 14.4 Å². The summed E-state index contributed by atoms with van der Waals surface area (Å²) in [6.45, 7) is 3.58. The van der Waals surface area contributed by atoms with Gasteiger partial charge in [-0.05, 0) is 6.92 Å². The van der Waals surface area contributed by atoms with Gasteiger partial charge in [-0.3, -0.25) is 9.59 Å². The van der Waals surface area contributed by atoms with Crippen molar-refractivity contribution in [1.82, 2.24) is 5.32 Å². The molecule has 92 valence electrons. The lowest BCUT2D eigenvalue weighted by Gasteiger charge is -2.14. The van der Waals surface area contributed by atoms with Gasteiger partial charge < -0.3 is 14.8 Å². The Morgan fingerprint density at radius 3 is 2.50 bits per heavy atom. The first kappa shape index (κ1) is 16.7. The molecule has 0 aromatic rings. The first-order chi connectivity index (χ1) is 7.13. The molecule has 0 aliphatic rings. The van der Waals surface area contributed by atoms with Gasteiger partial charge in [0.15, 0.2) is 6.23 Å². The van der Waals surface area contributed by atoms with E-state index < -0.39 is 12.2 Å². The summed E-state index contributed by atoms with van der Waals surface area (Å²) >= 11 is 0. The van der Waals surface area contributed by atoms with Crippen LogP contribution in [-0.4, -0.2) is 24.7 Å².